The van der Waals surface area contributed by atoms with Gasteiger partial charge < -0.3 is 4.74 Å². The molecule has 1 aliphatic carbocycles. The van der Waals surface area contributed by atoms with E-state index in [1.807, 2.05) is 42.5 Å². The predicted octanol–water partition coefficient (Wildman–Crippen LogP) is 2.50. The number of imide groups is 1. The number of carbonyl (C=O) groups excluding carboxylic acids is 2. The van der Waals surface area contributed by atoms with Crippen molar-refractivity contribution >= 4 is 12.0 Å². The van der Waals surface area contributed by atoms with E-state index in [-0.39, 0.29) is 24.5 Å². The standard InChI is InChI=1S/C15H15NO3/c17-14-12-6-8-13(9-7-12)16(14)15(18)19-10-11-4-2-1-3-5-11/h1-6,8,12-13H,7,9-10H2. The lowest BCUT2D eigenvalue weighted by molar-refractivity contribution is -0.137. The van der Waals surface area contributed by atoms with Gasteiger partial charge in [0.1, 0.15) is 6.61 Å². The van der Waals surface area contributed by atoms with Crippen LogP contribution in [0.2, 0.25) is 0 Å². The van der Waals surface area contributed by atoms with Gasteiger partial charge in [0.15, 0.2) is 0 Å². The number of ether oxygens (including phenoxy) is 1. The number of hydrogen-bond acceptors (Lipinski definition) is 3. The van der Waals surface area contributed by atoms with Gasteiger partial charge in [0.25, 0.3) is 0 Å². The van der Waals surface area contributed by atoms with E-state index in [1.54, 1.807) is 0 Å². The molecule has 0 spiro atoms. The Hall–Kier alpha value is -2.10. The monoisotopic (exact) mass is 257 g/mol. The number of fused-ring (bicyclic) bond motifs is 2. The summed E-state index contributed by atoms with van der Waals surface area (Å²) in [7, 11) is 0. The van der Waals surface area contributed by atoms with Crippen LogP contribution in [0.1, 0.15) is 18.4 Å². The molecule has 4 nitrogen and oxygen atoms in total. The third-order valence-corrected chi connectivity index (χ3v) is 3.63. The lowest BCUT2D eigenvalue weighted by Crippen LogP contribution is -2.52. The maximum atomic E-state index is 12.0. The zero-order valence-electron chi connectivity index (χ0n) is 10.5. The molecule has 0 saturated carbocycles. The molecule has 0 radical (unpaired) electrons. The summed E-state index contributed by atoms with van der Waals surface area (Å²) in [5.41, 5.74) is 0.918. The van der Waals surface area contributed by atoms with Crippen LogP contribution in [0.15, 0.2) is 42.5 Å². The highest BCUT2D eigenvalue weighted by Gasteiger charge is 2.41. The molecular formula is C15H15NO3. The number of amides is 2. The molecule has 2 amide bonds. The highest BCUT2D eigenvalue weighted by Crippen LogP contribution is 2.31. The second kappa shape index (κ2) is 4.88. The number of carbonyl (C=O) groups is 2. The van der Waals surface area contributed by atoms with Gasteiger partial charge in [-0.25, -0.2) is 9.69 Å². The van der Waals surface area contributed by atoms with E-state index in [4.69, 9.17) is 4.74 Å². The van der Waals surface area contributed by atoms with Crippen molar-refractivity contribution in [1.29, 1.82) is 0 Å². The number of rotatable bonds is 2. The Morgan fingerprint density at radius 2 is 2.00 bits per heavy atom. The number of piperidine rings is 1. The Kier molecular flexibility index (Phi) is 3.07. The van der Waals surface area contributed by atoms with Gasteiger partial charge in [0.05, 0.1) is 12.0 Å². The van der Waals surface area contributed by atoms with Crippen LogP contribution >= 0.6 is 0 Å². The Bertz CT molecular complexity index is 523. The first-order chi connectivity index (χ1) is 9.25. The van der Waals surface area contributed by atoms with E-state index in [0.29, 0.717) is 0 Å². The quantitative estimate of drug-likeness (QED) is 0.765. The van der Waals surface area contributed by atoms with Gasteiger partial charge in [-0.05, 0) is 18.4 Å². The third-order valence-electron chi connectivity index (χ3n) is 3.63. The van der Waals surface area contributed by atoms with Crippen LogP contribution in [0.25, 0.3) is 0 Å². The number of benzene rings is 1. The summed E-state index contributed by atoms with van der Waals surface area (Å²) in [5, 5.41) is 0. The van der Waals surface area contributed by atoms with Gasteiger partial charge in [-0.1, -0.05) is 42.5 Å². The van der Waals surface area contributed by atoms with Crippen LogP contribution in [0, 0.1) is 5.92 Å². The minimum atomic E-state index is -0.534. The maximum Gasteiger partial charge on any atom is 0.417 e. The fourth-order valence-electron chi connectivity index (χ4n) is 2.58. The van der Waals surface area contributed by atoms with Crippen molar-refractivity contribution in [3.8, 4) is 0 Å². The second-order valence-corrected chi connectivity index (χ2v) is 4.88. The molecular weight excluding hydrogens is 242 g/mol. The third kappa shape index (κ3) is 2.26. The van der Waals surface area contributed by atoms with Crippen molar-refractivity contribution in [1.82, 2.24) is 4.90 Å². The Balaban J connectivity index is 1.65. The molecule has 0 aromatic heterocycles. The molecule has 3 aliphatic rings. The topological polar surface area (TPSA) is 46.6 Å². The van der Waals surface area contributed by atoms with Crippen molar-refractivity contribution in [3.05, 3.63) is 48.0 Å². The molecule has 98 valence electrons. The summed E-state index contributed by atoms with van der Waals surface area (Å²) in [6.45, 7) is 0.199. The second-order valence-electron chi connectivity index (χ2n) is 4.88. The molecule has 4 heteroatoms. The minimum Gasteiger partial charge on any atom is -0.444 e. The average Bonchev–Trinajstić information content (AvgIpc) is 2.47. The SMILES string of the molecule is O=C(OCc1ccccc1)N1C(=O)C2C=CC1CC2. The van der Waals surface area contributed by atoms with E-state index in [1.165, 1.54) is 4.90 Å². The summed E-state index contributed by atoms with van der Waals surface area (Å²) >= 11 is 0. The molecule has 0 N–H and O–H groups in total. The summed E-state index contributed by atoms with van der Waals surface area (Å²) in [6, 6.07) is 9.33. The van der Waals surface area contributed by atoms with Crippen LogP contribution in [0.5, 0.6) is 0 Å². The molecule has 1 saturated heterocycles. The number of nitrogens with zero attached hydrogens (tertiary/aromatic N) is 1. The van der Waals surface area contributed by atoms with Crippen LogP contribution < -0.4 is 0 Å². The predicted molar refractivity (Wildman–Crippen MR) is 69.1 cm³/mol. The largest absolute Gasteiger partial charge is 0.444 e. The first kappa shape index (κ1) is 12.0. The highest BCUT2D eigenvalue weighted by molar-refractivity contribution is 5.96. The van der Waals surface area contributed by atoms with Crippen LogP contribution in [0.3, 0.4) is 0 Å². The molecule has 2 atom stereocenters. The minimum absolute atomic E-state index is 0.124. The zero-order chi connectivity index (χ0) is 13.2. The van der Waals surface area contributed by atoms with Gasteiger partial charge in [-0.15, -0.1) is 0 Å². The fraction of sp³-hybridized carbons (Fsp3) is 0.333. The lowest BCUT2D eigenvalue weighted by Gasteiger charge is -2.38. The van der Waals surface area contributed by atoms with Gasteiger partial charge in [0, 0.05) is 0 Å². The van der Waals surface area contributed by atoms with Crippen molar-refractivity contribution in [2.45, 2.75) is 25.5 Å². The summed E-state index contributed by atoms with van der Waals surface area (Å²) in [4.78, 5) is 25.3. The maximum absolute atomic E-state index is 12.0. The molecule has 1 aromatic rings. The summed E-state index contributed by atoms with van der Waals surface area (Å²) in [6.07, 6.45) is 4.97. The van der Waals surface area contributed by atoms with E-state index < -0.39 is 6.09 Å². The molecule has 1 aromatic carbocycles. The fourth-order valence-corrected chi connectivity index (χ4v) is 2.58. The van der Waals surface area contributed by atoms with E-state index >= 15 is 0 Å². The molecule has 19 heavy (non-hydrogen) atoms. The van der Waals surface area contributed by atoms with Crippen LogP contribution in [0.4, 0.5) is 4.79 Å². The normalized spacial score (nSPS) is 24.6. The van der Waals surface area contributed by atoms with Gasteiger partial charge >= 0.3 is 6.09 Å². The lowest BCUT2D eigenvalue weighted by atomic mass is 9.86. The Morgan fingerprint density at radius 3 is 2.63 bits per heavy atom. The van der Waals surface area contributed by atoms with Gasteiger partial charge in [-0.3, -0.25) is 4.79 Å². The van der Waals surface area contributed by atoms with E-state index in [0.717, 1.165) is 18.4 Å². The van der Waals surface area contributed by atoms with Crippen LogP contribution in [-0.4, -0.2) is 22.9 Å². The van der Waals surface area contributed by atoms with Crippen molar-refractivity contribution in [3.63, 3.8) is 0 Å². The molecule has 4 rings (SSSR count). The van der Waals surface area contributed by atoms with Crippen molar-refractivity contribution in [2.24, 2.45) is 5.92 Å². The first-order valence-corrected chi connectivity index (χ1v) is 6.48. The van der Waals surface area contributed by atoms with E-state index in [9.17, 15) is 9.59 Å². The molecule has 2 bridgehead atoms. The zero-order valence-corrected chi connectivity index (χ0v) is 10.5. The molecule has 2 heterocycles. The average molecular weight is 257 g/mol. The first-order valence-electron chi connectivity index (χ1n) is 6.48. The van der Waals surface area contributed by atoms with Crippen molar-refractivity contribution < 1.29 is 14.3 Å². The Morgan fingerprint density at radius 1 is 1.21 bits per heavy atom. The molecule has 1 fully saturated rings. The molecule has 2 aliphatic heterocycles. The van der Waals surface area contributed by atoms with E-state index in [2.05, 4.69) is 0 Å². The van der Waals surface area contributed by atoms with Crippen LogP contribution in [-0.2, 0) is 16.1 Å². The number of hydrogen-bond donors (Lipinski definition) is 0. The summed E-state index contributed by atoms with van der Waals surface area (Å²) in [5.74, 6) is -0.272. The smallest absolute Gasteiger partial charge is 0.417 e. The summed E-state index contributed by atoms with van der Waals surface area (Å²) < 4.78 is 5.22. The molecule has 2 unspecified atom stereocenters. The van der Waals surface area contributed by atoms with Gasteiger partial charge in [-0.2, -0.15) is 0 Å². The highest BCUT2D eigenvalue weighted by atomic mass is 16.6. The van der Waals surface area contributed by atoms with Crippen molar-refractivity contribution in [2.75, 3.05) is 0 Å². The Labute approximate surface area is 111 Å². The van der Waals surface area contributed by atoms with Gasteiger partial charge in [0.2, 0.25) is 5.91 Å².